The number of nitrogens with two attached hydrogens (primary N) is 1. The Kier molecular flexibility index (Phi) is 2.27. The first kappa shape index (κ1) is 10.2. The zero-order chi connectivity index (χ0) is 11.8. The van der Waals surface area contributed by atoms with Crippen LogP contribution in [0.15, 0.2) is 42.5 Å². The molecular formula is C13H10ClN3. The monoisotopic (exact) mass is 243 g/mol. The minimum absolute atomic E-state index is 0.688. The summed E-state index contributed by atoms with van der Waals surface area (Å²) in [5.41, 5.74) is 9.42. The number of hydrogen-bond donors (Lipinski definition) is 2. The minimum atomic E-state index is 0.688. The summed E-state index contributed by atoms with van der Waals surface area (Å²) < 4.78 is 0. The maximum Gasteiger partial charge on any atom is 0.102 e. The third-order valence-corrected chi connectivity index (χ3v) is 2.95. The number of aromatic nitrogens is 2. The number of halogens is 1. The highest BCUT2D eigenvalue weighted by atomic mass is 35.5. The predicted octanol–water partition coefficient (Wildman–Crippen LogP) is 3.47. The average Bonchev–Trinajstić information content (AvgIpc) is 2.74. The lowest BCUT2D eigenvalue weighted by Gasteiger charge is -2.00. The van der Waals surface area contributed by atoms with Crippen LogP contribution in [0.2, 0.25) is 5.02 Å². The van der Waals surface area contributed by atoms with Gasteiger partial charge in [-0.1, -0.05) is 29.8 Å². The van der Waals surface area contributed by atoms with Crippen molar-refractivity contribution in [3.63, 3.8) is 0 Å². The van der Waals surface area contributed by atoms with Crippen LogP contribution < -0.4 is 5.73 Å². The molecule has 17 heavy (non-hydrogen) atoms. The van der Waals surface area contributed by atoms with Gasteiger partial charge in [0.05, 0.1) is 10.9 Å². The van der Waals surface area contributed by atoms with E-state index in [1.165, 1.54) is 0 Å². The van der Waals surface area contributed by atoms with Gasteiger partial charge in [0.1, 0.15) is 5.69 Å². The number of aromatic amines is 1. The number of nitrogens with zero attached hydrogens (tertiary/aromatic N) is 1. The fourth-order valence-electron chi connectivity index (χ4n) is 1.94. The van der Waals surface area contributed by atoms with Crippen molar-refractivity contribution < 1.29 is 0 Å². The zero-order valence-electron chi connectivity index (χ0n) is 8.94. The number of fused-ring (bicyclic) bond motifs is 1. The molecule has 0 fully saturated rings. The summed E-state index contributed by atoms with van der Waals surface area (Å²) in [5.74, 6) is 0. The normalized spacial score (nSPS) is 10.9. The second kappa shape index (κ2) is 3.79. The molecule has 3 nitrogen and oxygen atoms in total. The Morgan fingerprint density at radius 3 is 2.76 bits per heavy atom. The largest absolute Gasteiger partial charge is 0.398 e. The summed E-state index contributed by atoms with van der Waals surface area (Å²) in [4.78, 5) is 0. The summed E-state index contributed by atoms with van der Waals surface area (Å²) >= 11 is 5.98. The summed E-state index contributed by atoms with van der Waals surface area (Å²) in [6.45, 7) is 0. The number of benzene rings is 2. The average molecular weight is 244 g/mol. The van der Waals surface area contributed by atoms with Gasteiger partial charge in [-0.25, -0.2) is 0 Å². The van der Waals surface area contributed by atoms with Gasteiger partial charge >= 0.3 is 0 Å². The zero-order valence-corrected chi connectivity index (χ0v) is 9.70. The van der Waals surface area contributed by atoms with Crippen molar-refractivity contribution in [1.29, 1.82) is 0 Å². The lowest BCUT2D eigenvalue weighted by molar-refractivity contribution is 1.12. The first-order valence-corrected chi connectivity index (χ1v) is 5.62. The third-order valence-electron chi connectivity index (χ3n) is 2.72. The number of hydrogen-bond acceptors (Lipinski definition) is 2. The van der Waals surface area contributed by atoms with Gasteiger partial charge < -0.3 is 5.73 Å². The molecule has 1 aromatic heterocycles. The molecule has 3 aromatic rings. The molecule has 3 N–H and O–H groups in total. The van der Waals surface area contributed by atoms with E-state index in [1.807, 2.05) is 42.5 Å². The Morgan fingerprint density at radius 2 is 1.94 bits per heavy atom. The standard InChI is InChI=1S/C13H10ClN3/c14-9-4-1-3-8(7-9)13-12-10(15)5-2-6-11(12)16-17-13/h1-7H,15H2,(H,16,17). The molecule has 4 heteroatoms. The van der Waals surface area contributed by atoms with E-state index in [9.17, 15) is 0 Å². The van der Waals surface area contributed by atoms with Gasteiger partial charge in [-0.2, -0.15) is 5.10 Å². The Morgan fingerprint density at radius 1 is 1.12 bits per heavy atom. The van der Waals surface area contributed by atoms with E-state index in [0.29, 0.717) is 10.7 Å². The molecule has 3 rings (SSSR count). The topological polar surface area (TPSA) is 54.7 Å². The Hall–Kier alpha value is -2.00. The molecule has 0 amide bonds. The van der Waals surface area contributed by atoms with E-state index in [-0.39, 0.29) is 0 Å². The second-order valence-corrected chi connectivity index (χ2v) is 4.29. The maximum absolute atomic E-state index is 5.98. The lowest BCUT2D eigenvalue weighted by Crippen LogP contribution is -1.86. The van der Waals surface area contributed by atoms with E-state index in [2.05, 4.69) is 10.2 Å². The van der Waals surface area contributed by atoms with Crippen LogP contribution in [-0.4, -0.2) is 10.2 Å². The summed E-state index contributed by atoms with van der Waals surface area (Å²) in [7, 11) is 0. The Balaban J connectivity index is 2.31. The number of rotatable bonds is 1. The van der Waals surface area contributed by atoms with Crippen LogP contribution in [0, 0.1) is 0 Å². The number of nitrogen functional groups attached to an aromatic ring is 1. The molecule has 0 atom stereocenters. The quantitative estimate of drug-likeness (QED) is 0.643. The molecule has 0 aliphatic heterocycles. The van der Waals surface area contributed by atoms with Gasteiger partial charge in [0.25, 0.3) is 0 Å². The first-order valence-electron chi connectivity index (χ1n) is 5.24. The van der Waals surface area contributed by atoms with Crippen molar-refractivity contribution >= 4 is 28.2 Å². The Labute approximate surface area is 103 Å². The molecular weight excluding hydrogens is 234 g/mol. The molecule has 0 saturated heterocycles. The summed E-state index contributed by atoms with van der Waals surface area (Å²) in [6, 6.07) is 13.3. The van der Waals surface area contributed by atoms with E-state index in [4.69, 9.17) is 17.3 Å². The first-order chi connectivity index (χ1) is 8.25. The van der Waals surface area contributed by atoms with Crippen LogP contribution >= 0.6 is 11.6 Å². The molecule has 0 radical (unpaired) electrons. The van der Waals surface area contributed by atoms with Crippen LogP contribution in [0.25, 0.3) is 22.2 Å². The fraction of sp³-hybridized carbons (Fsp3) is 0. The predicted molar refractivity (Wildman–Crippen MR) is 71.0 cm³/mol. The van der Waals surface area contributed by atoms with E-state index < -0.39 is 0 Å². The van der Waals surface area contributed by atoms with Crippen LogP contribution in [0.1, 0.15) is 0 Å². The van der Waals surface area contributed by atoms with E-state index in [0.717, 1.165) is 22.2 Å². The van der Waals surface area contributed by atoms with E-state index in [1.54, 1.807) is 0 Å². The highest BCUT2D eigenvalue weighted by Gasteiger charge is 2.10. The van der Waals surface area contributed by atoms with Crippen LogP contribution in [-0.2, 0) is 0 Å². The van der Waals surface area contributed by atoms with Crippen LogP contribution in [0.4, 0.5) is 5.69 Å². The molecule has 0 unspecified atom stereocenters. The van der Waals surface area contributed by atoms with Crippen molar-refractivity contribution in [1.82, 2.24) is 10.2 Å². The summed E-state index contributed by atoms with van der Waals surface area (Å²) in [5, 5.41) is 8.91. The molecule has 84 valence electrons. The smallest absolute Gasteiger partial charge is 0.102 e. The molecule has 0 saturated carbocycles. The van der Waals surface area contributed by atoms with Gasteiger partial charge in [0, 0.05) is 16.3 Å². The second-order valence-electron chi connectivity index (χ2n) is 3.85. The van der Waals surface area contributed by atoms with Crippen molar-refractivity contribution in [2.45, 2.75) is 0 Å². The number of anilines is 1. The lowest BCUT2D eigenvalue weighted by atomic mass is 10.1. The van der Waals surface area contributed by atoms with Gasteiger partial charge in [0.15, 0.2) is 0 Å². The summed E-state index contributed by atoms with van der Waals surface area (Å²) in [6.07, 6.45) is 0. The maximum atomic E-state index is 5.98. The van der Waals surface area contributed by atoms with Crippen LogP contribution in [0.3, 0.4) is 0 Å². The Bertz CT molecular complexity index is 688. The van der Waals surface area contributed by atoms with Gasteiger partial charge in [0.2, 0.25) is 0 Å². The number of nitrogens with one attached hydrogen (secondary N) is 1. The third kappa shape index (κ3) is 1.65. The minimum Gasteiger partial charge on any atom is -0.398 e. The molecule has 0 spiro atoms. The van der Waals surface area contributed by atoms with Gasteiger partial charge in [-0.3, -0.25) is 5.10 Å². The van der Waals surface area contributed by atoms with Gasteiger partial charge in [-0.05, 0) is 24.3 Å². The van der Waals surface area contributed by atoms with Crippen molar-refractivity contribution in [3.8, 4) is 11.3 Å². The van der Waals surface area contributed by atoms with Crippen molar-refractivity contribution in [2.24, 2.45) is 0 Å². The molecule has 1 heterocycles. The number of H-pyrrole nitrogens is 1. The molecule has 0 aliphatic carbocycles. The van der Waals surface area contributed by atoms with Crippen molar-refractivity contribution in [2.75, 3.05) is 5.73 Å². The van der Waals surface area contributed by atoms with Crippen LogP contribution in [0.5, 0.6) is 0 Å². The van der Waals surface area contributed by atoms with Gasteiger partial charge in [-0.15, -0.1) is 0 Å². The SMILES string of the molecule is Nc1cccc2[nH]nc(-c3cccc(Cl)c3)c12. The van der Waals surface area contributed by atoms with Crippen molar-refractivity contribution in [3.05, 3.63) is 47.5 Å². The van der Waals surface area contributed by atoms with E-state index >= 15 is 0 Å². The fourth-order valence-corrected chi connectivity index (χ4v) is 2.13. The molecule has 0 aliphatic rings. The molecule has 2 aromatic carbocycles. The highest BCUT2D eigenvalue weighted by Crippen LogP contribution is 2.31. The molecule has 0 bridgehead atoms. The highest BCUT2D eigenvalue weighted by molar-refractivity contribution is 6.30.